The summed E-state index contributed by atoms with van der Waals surface area (Å²) in [5, 5.41) is 5.38. The van der Waals surface area contributed by atoms with Crippen molar-refractivity contribution in [2.24, 2.45) is 0 Å². The molecular weight excluding hydrogens is 281 g/mol. The Hall–Kier alpha value is -2.50. The van der Waals surface area contributed by atoms with E-state index in [1.54, 1.807) is 24.3 Å². The molecule has 0 aliphatic carbocycles. The average molecular weight is 294 g/mol. The molecule has 2 N–H and O–H groups in total. The maximum absolute atomic E-state index is 13.1. The number of benzene rings is 2. The number of rotatable bonds is 4. The molecule has 3 nitrogen and oxygen atoms in total. The fraction of sp³-hybridized carbons (Fsp3) is 0.133. The van der Waals surface area contributed by atoms with Crippen LogP contribution in [0, 0.1) is 17.5 Å². The predicted octanol–water partition coefficient (Wildman–Crippen LogP) is 3.79. The van der Waals surface area contributed by atoms with E-state index in [2.05, 4.69) is 10.6 Å². The second-order valence-electron chi connectivity index (χ2n) is 4.32. The van der Waals surface area contributed by atoms with Crippen molar-refractivity contribution >= 4 is 17.3 Å². The lowest BCUT2D eigenvalue weighted by Gasteiger charge is -2.08. The molecule has 0 bridgehead atoms. The van der Waals surface area contributed by atoms with Crippen LogP contribution >= 0.6 is 0 Å². The fourth-order valence-electron chi connectivity index (χ4n) is 1.77. The monoisotopic (exact) mass is 294 g/mol. The lowest BCUT2D eigenvalue weighted by atomic mass is 10.2. The van der Waals surface area contributed by atoms with E-state index in [4.69, 9.17) is 0 Å². The second-order valence-corrected chi connectivity index (χ2v) is 4.32. The third-order valence-electron chi connectivity index (χ3n) is 2.77. The molecule has 2 aromatic carbocycles. The Kier molecular flexibility index (Phi) is 4.47. The minimum absolute atomic E-state index is 0.146. The number of hydrogen-bond donors (Lipinski definition) is 2. The largest absolute Gasteiger partial charge is 0.385 e. The lowest BCUT2D eigenvalue weighted by Crippen LogP contribution is -2.12. The highest BCUT2D eigenvalue weighted by Crippen LogP contribution is 2.18. The van der Waals surface area contributed by atoms with Gasteiger partial charge in [-0.3, -0.25) is 4.79 Å². The third kappa shape index (κ3) is 3.53. The van der Waals surface area contributed by atoms with Crippen LogP contribution in [0.4, 0.5) is 24.5 Å². The molecule has 0 spiro atoms. The minimum Gasteiger partial charge on any atom is -0.385 e. The highest BCUT2D eigenvalue weighted by Gasteiger charge is 2.13. The SMILES string of the molecule is CCNc1ccc(C(=O)Nc2cc(F)c(F)c(F)c2)cc1. The molecule has 2 aromatic rings. The summed E-state index contributed by atoms with van der Waals surface area (Å²) >= 11 is 0. The number of halogens is 3. The van der Waals surface area contributed by atoms with Crippen LogP contribution in [0.3, 0.4) is 0 Å². The zero-order valence-electron chi connectivity index (χ0n) is 11.2. The van der Waals surface area contributed by atoms with Crippen molar-refractivity contribution in [3.63, 3.8) is 0 Å². The highest BCUT2D eigenvalue weighted by molar-refractivity contribution is 6.04. The van der Waals surface area contributed by atoms with Gasteiger partial charge in [-0.15, -0.1) is 0 Å². The fourth-order valence-corrected chi connectivity index (χ4v) is 1.77. The van der Waals surface area contributed by atoms with Gasteiger partial charge in [0.25, 0.3) is 5.91 Å². The quantitative estimate of drug-likeness (QED) is 0.842. The summed E-state index contributed by atoms with van der Waals surface area (Å²) in [5.74, 6) is -4.81. The van der Waals surface area contributed by atoms with E-state index >= 15 is 0 Å². The molecule has 0 aromatic heterocycles. The Morgan fingerprint density at radius 1 is 1.00 bits per heavy atom. The van der Waals surface area contributed by atoms with Crippen molar-refractivity contribution in [3.8, 4) is 0 Å². The molecule has 0 saturated heterocycles. The van der Waals surface area contributed by atoms with E-state index in [9.17, 15) is 18.0 Å². The van der Waals surface area contributed by atoms with E-state index < -0.39 is 23.4 Å². The van der Waals surface area contributed by atoms with Gasteiger partial charge in [0.05, 0.1) is 0 Å². The van der Waals surface area contributed by atoms with Crippen LogP contribution < -0.4 is 10.6 Å². The van der Waals surface area contributed by atoms with Gasteiger partial charge in [0.1, 0.15) is 0 Å². The van der Waals surface area contributed by atoms with Crippen molar-refractivity contribution in [2.75, 3.05) is 17.2 Å². The summed E-state index contributed by atoms with van der Waals surface area (Å²) in [6.45, 7) is 2.69. The minimum atomic E-state index is -1.57. The molecule has 0 radical (unpaired) electrons. The summed E-state index contributed by atoms with van der Waals surface area (Å²) in [6.07, 6.45) is 0. The number of hydrogen-bond acceptors (Lipinski definition) is 2. The van der Waals surface area contributed by atoms with E-state index in [1.807, 2.05) is 6.92 Å². The standard InChI is InChI=1S/C15H13F3N2O/c1-2-19-10-5-3-9(4-6-10)15(21)20-11-7-12(16)14(18)13(17)8-11/h3-8,19H,2H2,1H3,(H,20,21). The second kappa shape index (κ2) is 6.30. The van der Waals surface area contributed by atoms with Crippen molar-refractivity contribution < 1.29 is 18.0 Å². The van der Waals surface area contributed by atoms with Gasteiger partial charge in [0.15, 0.2) is 17.5 Å². The summed E-state index contributed by atoms with van der Waals surface area (Å²) in [5.41, 5.74) is 1.03. The third-order valence-corrected chi connectivity index (χ3v) is 2.77. The Labute approximate surface area is 119 Å². The first kappa shape index (κ1) is 14.9. The highest BCUT2D eigenvalue weighted by atomic mass is 19.2. The van der Waals surface area contributed by atoms with Crippen LogP contribution in [0.5, 0.6) is 0 Å². The molecule has 0 fully saturated rings. The molecule has 2 rings (SSSR count). The Balaban J connectivity index is 2.14. The van der Waals surface area contributed by atoms with Crippen molar-refractivity contribution in [2.45, 2.75) is 6.92 Å². The van der Waals surface area contributed by atoms with Gasteiger partial charge in [-0.1, -0.05) is 0 Å². The topological polar surface area (TPSA) is 41.1 Å². The Bertz CT molecular complexity index is 633. The average Bonchev–Trinajstić information content (AvgIpc) is 2.45. The Morgan fingerprint density at radius 3 is 2.10 bits per heavy atom. The van der Waals surface area contributed by atoms with Crippen LogP contribution in [0.15, 0.2) is 36.4 Å². The van der Waals surface area contributed by atoms with Gasteiger partial charge in [-0.25, -0.2) is 13.2 Å². The van der Waals surface area contributed by atoms with Crippen LogP contribution in [0.1, 0.15) is 17.3 Å². The van der Waals surface area contributed by atoms with Gasteiger partial charge in [-0.2, -0.15) is 0 Å². The molecule has 21 heavy (non-hydrogen) atoms. The molecule has 0 aliphatic heterocycles. The summed E-state index contributed by atoms with van der Waals surface area (Å²) in [6, 6.07) is 8.02. The zero-order chi connectivity index (χ0) is 15.4. The van der Waals surface area contributed by atoms with Gasteiger partial charge in [0, 0.05) is 35.6 Å². The summed E-state index contributed by atoms with van der Waals surface area (Å²) < 4.78 is 38.9. The summed E-state index contributed by atoms with van der Waals surface area (Å²) in [4.78, 5) is 11.9. The maximum Gasteiger partial charge on any atom is 0.255 e. The van der Waals surface area contributed by atoms with Gasteiger partial charge >= 0.3 is 0 Å². The number of carbonyl (C=O) groups excluding carboxylic acids is 1. The van der Waals surface area contributed by atoms with E-state index in [0.717, 1.165) is 24.4 Å². The van der Waals surface area contributed by atoms with E-state index in [-0.39, 0.29) is 5.69 Å². The molecular formula is C15H13F3N2O. The summed E-state index contributed by atoms with van der Waals surface area (Å²) in [7, 11) is 0. The van der Waals surface area contributed by atoms with Crippen LogP contribution in [-0.2, 0) is 0 Å². The van der Waals surface area contributed by atoms with Gasteiger partial charge < -0.3 is 10.6 Å². The lowest BCUT2D eigenvalue weighted by molar-refractivity contribution is 0.102. The number of amides is 1. The van der Waals surface area contributed by atoms with Gasteiger partial charge in [0.2, 0.25) is 0 Å². The zero-order valence-corrected chi connectivity index (χ0v) is 11.2. The van der Waals surface area contributed by atoms with Crippen molar-refractivity contribution in [3.05, 3.63) is 59.4 Å². The van der Waals surface area contributed by atoms with Crippen molar-refractivity contribution in [1.82, 2.24) is 0 Å². The van der Waals surface area contributed by atoms with Crippen LogP contribution in [-0.4, -0.2) is 12.5 Å². The molecule has 1 amide bonds. The predicted molar refractivity (Wildman–Crippen MR) is 74.9 cm³/mol. The molecule has 0 saturated carbocycles. The molecule has 110 valence electrons. The smallest absolute Gasteiger partial charge is 0.255 e. The van der Waals surface area contributed by atoms with E-state index in [1.165, 1.54) is 0 Å². The Morgan fingerprint density at radius 2 is 1.57 bits per heavy atom. The molecule has 6 heteroatoms. The number of carbonyl (C=O) groups is 1. The molecule has 0 atom stereocenters. The molecule has 0 unspecified atom stereocenters. The normalized spacial score (nSPS) is 10.3. The first-order valence-electron chi connectivity index (χ1n) is 6.31. The van der Waals surface area contributed by atoms with Crippen molar-refractivity contribution in [1.29, 1.82) is 0 Å². The first-order valence-corrected chi connectivity index (χ1v) is 6.31. The van der Waals surface area contributed by atoms with Crippen LogP contribution in [0.2, 0.25) is 0 Å². The molecule has 0 heterocycles. The van der Waals surface area contributed by atoms with E-state index in [0.29, 0.717) is 5.56 Å². The first-order chi connectivity index (χ1) is 10.0. The van der Waals surface area contributed by atoms with Gasteiger partial charge in [-0.05, 0) is 31.2 Å². The maximum atomic E-state index is 13.1. The number of anilines is 2. The van der Waals surface area contributed by atoms with Crippen LogP contribution in [0.25, 0.3) is 0 Å². The number of nitrogens with one attached hydrogen (secondary N) is 2. The molecule has 0 aliphatic rings.